The number of aromatic nitrogens is 2. The van der Waals surface area contributed by atoms with Gasteiger partial charge >= 0.3 is 6.18 Å². The zero-order valence-corrected chi connectivity index (χ0v) is 12.4. The Labute approximate surface area is 126 Å². The number of rotatable bonds is 2. The summed E-state index contributed by atoms with van der Waals surface area (Å²) in [4.78, 5) is 6.59. The second-order valence-corrected chi connectivity index (χ2v) is 5.28. The first-order valence-corrected chi connectivity index (χ1v) is 6.58. The SMILES string of the molecule is Cc1cc(Br)ccc1Nc1cc(Cl)nc(C(F)(F)F)n1. The number of nitrogens with one attached hydrogen (secondary N) is 1. The predicted molar refractivity (Wildman–Crippen MR) is 74.2 cm³/mol. The summed E-state index contributed by atoms with van der Waals surface area (Å²) in [6.45, 7) is 1.82. The zero-order chi connectivity index (χ0) is 14.9. The van der Waals surface area contributed by atoms with Crippen molar-refractivity contribution in [1.29, 1.82) is 0 Å². The van der Waals surface area contributed by atoms with E-state index in [0.717, 1.165) is 10.0 Å². The number of halogens is 5. The number of hydrogen-bond donors (Lipinski definition) is 1. The van der Waals surface area contributed by atoms with E-state index in [1.54, 1.807) is 12.1 Å². The van der Waals surface area contributed by atoms with Gasteiger partial charge in [0.25, 0.3) is 0 Å². The van der Waals surface area contributed by atoms with E-state index in [1.165, 1.54) is 6.07 Å². The van der Waals surface area contributed by atoms with Crippen LogP contribution in [-0.2, 0) is 6.18 Å². The van der Waals surface area contributed by atoms with Gasteiger partial charge in [0, 0.05) is 16.2 Å². The molecule has 1 N–H and O–H groups in total. The van der Waals surface area contributed by atoms with Crippen LogP contribution in [0.5, 0.6) is 0 Å². The summed E-state index contributed by atoms with van der Waals surface area (Å²) in [6, 6.07) is 6.56. The molecule has 0 amide bonds. The lowest BCUT2D eigenvalue weighted by Gasteiger charge is -2.11. The van der Waals surface area contributed by atoms with Crippen LogP contribution in [0, 0.1) is 6.92 Å². The Bertz CT molecular complexity index is 646. The van der Waals surface area contributed by atoms with Crippen LogP contribution in [0.15, 0.2) is 28.7 Å². The van der Waals surface area contributed by atoms with Crippen molar-refractivity contribution in [2.45, 2.75) is 13.1 Å². The Hall–Kier alpha value is -1.34. The third kappa shape index (κ3) is 3.61. The Morgan fingerprint density at radius 3 is 2.50 bits per heavy atom. The van der Waals surface area contributed by atoms with Gasteiger partial charge in [0.2, 0.25) is 5.82 Å². The van der Waals surface area contributed by atoms with Gasteiger partial charge in [-0.15, -0.1) is 0 Å². The molecular formula is C12H8BrClF3N3. The highest BCUT2D eigenvalue weighted by Crippen LogP contribution is 2.30. The fraction of sp³-hybridized carbons (Fsp3) is 0.167. The summed E-state index contributed by atoms with van der Waals surface area (Å²) in [5.74, 6) is -1.29. The van der Waals surface area contributed by atoms with Crippen molar-refractivity contribution < 1.29 is 13.2 Å². The molecule has 0 aliphatic rings. The van der Waals surface area contributed by atoms with Crippen LogP contribution in [0.2, 0.25) is 5.15 Å². The molecule has 0 atom stereocenters. The maximum Gasteiger partial charge on any atom is 0.451 e. The van der Waals surface area contributed by atoms with E-state index in [2.05, 4.69) is 31.2 Å². The maximum absolute atomic E-state index is 12.6. The van der Waals surface area contributed by atoms with Crippen LogP contribution in [0.1, 0.15) is 11.4 Å². The fourth-order valence-corrected chi connectivity index (χ4v) is 2.17. The molecule has 0 aliphatic carbocycles. The van der Waals surface area contributed by atoms with Crippen molar-refractivity contribution >= 4 is 39.0 Å². The zero-order valence-electron chi connectivity index (χ0n) is 10.1. The highest BCUT2D eigenvalue weighted by molar-refractivity contribution is 9.10. The van der Waals surface area contributed by atoms with E-state index in [1.807, 2.05) is 13.0 Å². The number of hydrogen-bond acceptors (Lipinski definition) is 3. The predicted octanol–water partition coefficient (Wildman–Crippen LogP) is 4.96. The average Bonchev–Trinajstić information content (AvgIpc) is 2.31. The van der Waals surface area contributed by atoms with E-state index in [4.69, 9.17) is 11.6 Å². The van der Waals surface area contributed by atoms with Crippen LogP contribution in [0.4, 0.5) is 24.7 Å². The van der Waals surface area contributed by atoms with E-state index >= 15 is 0 Å². The summed E-state index contributed by atoms with van der Waals surface area (Å²) >= 11 is 8.90. The van der Waals surface area contributed by atoms with Crippen molar-refractivity contribution in [3.05, 3.63) is 45.3 Å². The molecule has 1 aromatic carbocycles. The van der Waals surface area contributed by atoms with E-state index in [0.29, 0.717) is 5.69 Å². The number of anilines is 2. The highest BCUT2D eigenvalue weighted by atomic mass is 79.9. The molecule has 0 spiro atoms. The van der Waals surface area contributed by atoms with Gasteiger partial charge in [-0.05, 0) is 30.7 Å². The van der Waals surface area contributed by atoms with Crippen LogP contribution >= 0.6 is 27.5 Å². The first-order chi connectivity index (χ1) is 9.25. The third-order valence-corrected chi connectivity index (χ3v) is 3.09. The molecule has 0 unspecified atom stereocenters. The molecule has 0 radical (unpaired) electrons. The Morgan fingerprint density at radius 2 is 1.90 bits per heavy atom. The minimum Gasteiger partial charge on any atom is -0.340 e. The largest absolute Gasteiger partial charge is 0.451 e. The Morgan fingerprint density at radius 1 is 1.20 bits per heavy atom. The molecular weight excluding hydrogens is 359 g/mol. The van der Waals surface area contributed by atoms with Gasteiger partial charge in [0.1, 0.15) is 11.0 Å². The molecule has 0 fully saturated rings. The summed E-state index contributed by atoms with van der Waals surface area (Å²) in [6.07, 6.45) is -4.64. The number of alkyl halides is 3. The highest BCUT2D eigenvalue weighted by Gasteiger charge is 2.35. The first kappa shape index (κ1) is 15.1. The normalized spacial score (nSPS) is 11.5. The topological polar surface area (TPSA) is 37.8 Å². The summed E-state index contributed by atoms with van der Waals surface area (Å²) < 4.78 is 38.7. The van der Waals surface area contributed by atoms with Crippen molar-refractivity contribution in [1.82, 2.24) is 9.97 Å². The molecule has 0 saturated heterocycles. The lowest BCUT2D eigenvalue weighted by molar-refractivity contribution is -0.144. The van der Waals surface area contributed by atoms with Crippen molar-refractivity contribution in [3.63, 3.8) is 0 Å². The van der Waals surface area contributed by atoms with Gasteiger partial charge in [-0.25, -0.2) is 9.97 Å². The molecule has 0 bridgehead atoms. The van der Waals surface area contributed by atoms with Gasteiger partial charge in [-0.1, -0.05) is 27.5 Å². The molecule has 8 heteroatoms. The van der Waals surface area contributed by atoms with E-state index in [9.17, 15) is 13.2 Å². The monoisotopic (exact) mass is 365 g/mol. The standard InChI is InChI=1S/C12H8BrClF3N3/c1-6-4-7(13)2-3-8(6)18-10-5-9(14)19-11(20-10)12(15,16)17/h2-5H,1H3,(H,18,19,20). The number of aryl methyl sites for hydroxylation is 1. The van der Waals surface area contributed by atoms with Crippen molar-refractivity contribution in [3.8, 4) is 0 Å². The van der Waals surface area contributed by atoms with Gasteiger partial charge in [-0.3, -0.25) is 0 Å². The fourth-order valence-electron chi connectivity index (χ4n) is 1.51. The van der Waals surface area contributed by atoms with Crippen molar-refractivity contribution in [2.24, 2.45) is 0 Å². The van der Waals surface area contributed by atoms with Gasteiger partial charge < -0.3 is 5.32 Å². The smallest absolute Gasteiger partial charge is 0.340 e. The number of nitrogens with zero attached hydrogens (tertiary/aromatic N) is 2. The second-order valence-electron chi connectivity index (χ2n) is 3.98. The minimum absolute atomic E-state index is 0.0113. The second kappa shape index (κ2) is 5.57. The molecule has 2 aromatic rings. The molecule has 2 rings (SSSR count). The molecule has 1 aromatic heterocycles. The van der Waals surface area contributed by atoms with Crippen LogP contribution in [0.3, 0.4) is 0 Å². The van der Waals surface area contributed by atoms with Gasteiger partial charge in [0.05, 0.1) is 0 Å². The van der Waals surface area contributed by atoms with Crippen LogP contribution < -0.4 is 5.32 Å². The lowest BCUT2D eigenvalue weighted by atomic mass is 10.2. The maximum atomic E-state index is 12.6. The van der Waals surface area contributed by atoms with Crippen molar-refractivity contribution in [2.75, 3.05) is 5.32 Å². The molecule has 106 valence electrons. The Kier molecular flexibility index (Phi) is 4.19. The third-order valence-electron chi connectivity index (χ3n) is 2.40. The summed E-state index contributed by atoms with van der Waals surface area (Å²) in [5, 5.41) is 2.52. The minimum atomic E-state index is -4.64. The lowest BCUT2D eigenvalue weighted by Crippen LogP contribution is -2.12. The number of benzene rings is 1. The van der Waals surface area contributed by atoms with Crippen LogP contribution in [0.25, 0.3) is 0 Å². The molecule has 3 nitrogen and oxygen atoms in total. The van der Waals surface area contributed by atoms with E-state index < -0.39 is 12.0 Å². The molecule has 1 heterocycles. The molecule has 0 aliphatic heterocycles. The molecule has 0 saturated carbocycles. The van der Waals surface area contributed by atoms with Gasteiger partial charge in [-0.2, -0.15) is 13.2 Å². The summed E-state index contributed by atoms with van der Waals surface area (Å²) in [7, 11) is 0. The molecule has 20 heavy (non-hydrogen) atoms. The first-order valence-electron chi connectivity index (χ1n) is 5.40. The Balaban J connectivity index is 2.36. The average molecular weight is 367 g/mol. The quantitative estimate of drug-likeness (QED) is 0.763. The van der Waals surface area contributed by atoms with E-state index in [-0.39, 0.29) is 11.0 Å². The van der Waals surface area contributed by atoms with Crippen LogP contribution in [-0.4, -0.2) is 9.97 Å². The van der Waals surface area contributed by atoms with Gasteiger partial charge in [0.15, 0.2) is 0 Å². The summed E-state index contributed by atoms with van der Waals surface area (Å²) in [5.41, 5.74) is 1.48.